The van der Waals surface area contributed by atoms with Gasteiger partial charge in [0.05, 0.1) is 5.56 Å². The molecule has 0 unspecified atom stereocenters. The summed E-state index contributed by atoms with van der Waals surface area (Å²) >= 11 is 3.06. The molecule has 0 saturated heterocycles. The Bertz CT molecular complexity index is 771. The van der Waals surface area contributed by atoms with Crippen LogP contribution in [0.1, 0.15) is 16.2 Å². The molecule has 10 heteroatoms. The molecule has 2 N–H and O–H groups in total. The highest BCUT2D eigenvalue weighted by atomic mass is 79.9. The number of rotatable bonds is 4. The summed E-state index contributed by atoms with van der Waals surface area (Å²) in [4.78, 5) is 10.6. The second kappa shape index (κ2) is 5.21. The summed E-state index contributed by atoms with van der Waals surface area (Å²) in [6.45, 7) is 1.51. The normalized spacial score (nSPS) is 11.3. The van der Waals surface area contributed by atoms with Gasteiger partial charge in [-0.05, 0) is 34.1 Å². The predicted molar refractivity (Wildman–Crippen MR) is 70.9 cm³/mol. The number of nitrogens with one attached hydrogen (secondary N) is 1. The van der Waals surface area contributed by atoms with Crippen LogP contribution in [-0.4, -0.2) is 29.7 Å². The SMILES string of the molecule is Cc1nnc(NS(=O)(=O)c2cc(C(=O)O)ccc2Br)o1. The molecule has 0 aliphatic carbocycles. The lowest BCUT2D eigenvalue weighted by Crippen LogP contribution is -2.14. The second-order valence-corrected chi connectivity index (χ2v) is 6.19. The van der Waals surface area contributed by atoms with E-state index in [0.717, 1.165) is 6.07 Å². The van der Waals surface area contributed by atoms with Crippen LogP contribution in [-0.2, 0) is 10.0 Å². The predicted octanol–water partition coefficient (Wildman–Crippen LogP) is 1.64. The van der Waals surface area contributed by atoms with Crippen LogP contribution in [0.4, 0.5) is 6.01 Å². The maximum absolute atomic E-state index is 12.1. The number of anilines is 1. The topological polar surface area (TPSA) is 122 Å². The van der Waals surface area contributed by atoms with Crippen LogP contribution in [0.25, 0.3) is 0 Å². The Morgan fingerprint density at radius 1 is 1.40 bits per heavy atom. The lowest BCUT2D eigenvalue weighted by atomic mass is 10.2. The molecule has 0 fully saturated rings. The Morgan fingerprint density at radius 2 is 2.10 bits per heavy atom. The van der Waals surface area contributed by atoms with Gasteiger partial charge in [-0.3, -0.25) is 0 Å². The number of aromatic nitrogens is 2. The van der Waals surface area contributed by atoms with Crippen LogP contribution in [0.15, 0.2) is 32.0 Å². The number of halogens is 1. The van der Waals surface area contributed by atoms with Gasteiger partial charge in [0.1, 0.15) is 4.90 Å². The summed E-state index contributed by atoms with van der Waals surface area (Å²) in [6.07, 6.45) is 0. The van der Waals surface area contributed by atoms with Crippen LogP contribution in [0, 0.1) is 6.92 Å². The third-order valence-electron chi connectivity index (χ3n) is 2.22. The van der Waals surface area contributed by atoms with Gasteiger partial charge in [-0.2, -0.15) is 0 Å². The standard InChI is InChI=1S/C10H8BrN3O5S/c1-5-12-13-10(19-5)14-20(17,18)8-4-6(9(15)16)2-3-7(8)11/h2-4H,1H3,(H,13,14)(H,15,16). The zero-order valence-electron chi connectivity index (χ0n) is 9.99. The Hall–Kier alpha value is -1.94. The van der Waals surface area contributed by atoms with Crippen molar-refractivity contribution >= 4 is 37.9 Å². The molecule has 0 saturated carbocycles. The smallest absolute Gasteiger partial charge is 0.335 e. The summed E-state index contributed by atoms with van der Waals surface area (Å²) in [5, 5.41) is 15.9. The van der Waals surface area contributed by atoms with Crippen molar-refractivity contribution in [3.63, 3.8) is 0 Å². The lowest BCUT2D eigenvalue weighted by molar-refractivity contribution is 0.0696. The summed E-state index contributed by atoms with van der Waals surface area (Å²) in [6, 6.07) is 3.34. The molecular weight excluding hydrogens is 354 g/mol. The molecule has 20 heavy (non-hydrogen) atoms. The number of carboxylic acids is 1. The van der Waals surface area contributed by atoms with E-state index in [1.807, 2.05) is 0 Å². The first-order valence-electron chi connectivity index (χ1n) is 5.15. The fourth-order valence-electron chi connectivity index (χ4n) is 1.35. The van der Waals surface area contributed by atoms with Crippen molar-refractivity contribution in [3.8, 4) is 0 Å². The molecule has 2 aromatic rings. The Balaban J connectivity index is 2.43. The van der Waals surface area contributed by atoms with Gasteiger partial charge in [0, 0.05) is 11.4 Å². The van der Waals surface area contributed by atoms with Gasteiger partial charge in [-0.15, -0.1) is 5.10 Å². The number of hydrogen-bond acceptors (Lipinski definition) is 6. The molecule has 0 aliphatic heterocycles. The first kappa shape index (κ1) is 14.5. The number of aromatic carboxylic acids is 1. The molecule has 106 valence electrons. The molecule has 0 amide bonds. The number of sulfonamides is 1. The van der Waals surface area contributed by atoms with Gasteiger partial charge in [-0.25, -0.2) is 17.9 Å². The summed E-state index contributed by atoms with van der Waals surface area (Å²) in [7, 11) is -4.04. The van der Waals surface area contributed by atoms with Gasteiger partial charge in [0.25, 0.3) is 10.0 Å². The number of benzene rings is 1. The summed E-state index contributed by atoms with van der Waals surface area (Å²) in [5.74, 6) is -1.04. The zero-order chi connectivity index (χ0) is 14.9. The quantitative estimate of drug-likeness (QED) is 0.848. The van der Waals surface area contributed by atoms with E-state index in [1.54, 1.807) is 0 Å². The van der Waals surface area contributed by atoms with Gasteiger partial charge < -0.3 is 9.52 Å². The minimum atomic E-state index is -4.04. The lowest BCUT2D eigenvalue weighted by Gasteiger charge is -2.07. The van der Waals surface area contributed by atoms with E-state index in [0.29, 0.717) is 0 Å². The van der Waals surface area contributed by atoms with Crippen molar-refractivity contribution in [1.29, 1.82) is 0 Å². The molecule has 0 radical (unpaired) electrons. The van der Waals surface area contributed by atoms with Crippen LogP contribution in [0.3, 0.4) is 0 Å². The number of nitrogens with zero attached hydrogens (tertiary/aromatic N) is 2. The monoisotopic (exact) mass is 361 g/mol. The van der Waals surface area contributed by atoms with Crippen LogP contribution < -0.4 is 4.72 Å². The van der Waals surface area contributed by atoms with Crippen LogP contribution in [0.5, 0.6) is 0 Å². The van der Waals surface area contributed by atoms with Crippen molar-refractivity contribution in [2.45, 2.75) is 11.8 Å². The number of carboxylic acid groups (broad SMARTS) is 1. The minimum absolute atomic E-state index is 0.157. The van der Waals surface area contributed by atoms with Crippen molar-refractivity contribution in [1.82, 2.24) is 10.2 Å². The zero-order valence-corrected chi connectivity index (χ0v) is 12.4. The molecule has 2 rings (SSSR count). The van der Waals surface area contributed by atoms with E-state index >= 15 is 0 Å². The van der Waals surface area contributed by atoms with Crippen molar-refractivity contribution in [3.05, 3.63) is 34.1 Å². The highest BCUT2D eigenvalue weighted by Gasteiger charge is 2.22. The van der Waals surface area contributed by atoms with E-state index in [1.165, 1.54) is 19.1 Å². The van der Waals surface area contributed by atoms with Gasteiger partial charge in [0.2, 0.25) is 5.89 Å². The third-order valence-corrected chi connectivity index (χ3v) is 4.53. The van der Waals surface area contributed by atoms with Crippen LogP contribution in [0.2, 0.25) is 0 Å². The van der Waals surface area contributed by atoms with E-state index in [9.17, 15) is 13.2 Å². The number of aryl methyl sites for hydroxylation is 1. The van der Waals surface area contributed by atoms with E-state index < -0.39 is 16.0 Å². The first-order valence-corrected chi connectivity index (χ1v) is 7.43. The van der Waals surface area contributed by atoms with Crippen LogP contribution >= 0.6 is 15.9 Å². The third kappa shape index (κ3) is 2.96. The molecule has 0 bridgehead atoms. The minimum Gasteiger partial charge on any atom is -0.478 e. The second-order valence-electron chi connectivity index (χ2n) is 3.68. The van der Waals surface area contributed by atoms with Crippen molar-refractivity contribution in [2.75, 3.05) is 4.72 Å². The molecule has 0 aliphatic rings. The largest absolute Gasteiger partial charge is 0.478 e. The average molecular weight is 362 g/mol. The Labute approximate surface area is 122 Å². The summed E-state index contributed by atoms with van der Waals surface area (Å²) in [5.41, 5.74) is -0.157. The van der Waals surface area contributed by atoms with E-state index in [4.69, 9.17) is 9.52 Å². The molecule has 0 spiro atoms. The molecule has 0 atom stereocenters. The van der Waals surface area contributed by atoms with Gasteiger partial charge >= 0.3 is 12.0 Å². The molecule has 1 aromatic heterocycles. The van der Waals surface area contributed by atoms with E-state index in [-0.39, 0.29) is 26.8 Å². The first-order chi connectivity index (χ1) is 9.29. The van der Waals surface area contributed by atoms with Gasteiger partial charge in [-0.1, -0.05) is 5.10 Å². The molecular formula is C10H8BrN3O5S. The molecule has 1 heterocycles. The number of carbonyl (C=O) groups is 1. The highest BCUT2D eigenvalue weighted by molar-refractivity contribution is 9.10. The fraction of sp³-hybridized carbons (Fsp3) is 0.100. The average Bonchev–Trinajstić information content (AvgIpc) is 2.73. The maximum atomic E-state index is 12.1. The Morgan fingerprint density at radius 3 is 2.65 bits per heavy atom. The number of hydrogen-bond donors (Lipinski definition) is 2. The maximum Gasteiger partial charge on any atom is 0.335 e. The van der Waals surface area contributed by atoms with E-state index in [2.05, 4.69) is 30.8 Å². The molecule has 8 nitrogen and oxygen atoms in total. The highest BCUT2D eigenvalue weighted by Crippen LogP contribution is 2.25. The molecule has 1 aromatic carbocycles. The summed E-state index contributed by atoms with van der Waals surface area (Å²) < 4.78 is 31.5. The van der Waals surface area contributed by atoms with Gasteiger partial charge in [0.15, 0.2) is 0 Å². The van der Waals surface area contributed by atoms with Crippen molar-refractivity contribution < 1.29 is 22.7 Å². The van der Waals surface area contributed by atoms with Crippen molar-refractivity contribution in [2.24, 2.45) is 0 Å². The Kier molecular flexibility index (Phi) is 3.77. The fourth-order valence-corrected chi connectivity index (χ4v) is 3.27.